The minimum absolute atomic E-state index is 0.0332. The molecule has 6 heteroatoms. The Labute approximate surface area is 151 Å². The number of hydrogen-bond acceptors (Lipinski definition) is 5. The van der Waals surface area contributed by atoms with Gasteiger partial charge in [-0.25, -0.2) is 9.97 Å². The van der Waals surface area contributed by atoms with Crippen molar-refractivity contribution < 1.29 is 4.79 Å². The third-order valence-electron chi connectivity index (χ3n) is 4.13. The van der Waals surface area contributed by atoms with Crippen LogP contribution >= 0.6 is 11.3 Å². The number of carbonyl (C=O) groups excluding carboxylic acids is 1. The smallest absolute Gasteiger partial charge is 0.242 e. The summed E-state index contributed by atoms with van der Waals surface area (Å²) in [7, 11) is 0. The highest BCUT2D eigenvalue weighted by Gasteiger charge is 2.17. The van der Waals surface area contributed by atoms with Crippen LogP contribution in [0.15, 0.2) is 41.1 Å². The van der Waals surface area contributed by atoms with Crippen LogP contribution in [0.3, 0.4) is 0 Å². The topological polar surface area (TPSA) is 66.9 Å². The number of aromatic nitrogens is 2. The van der Waals surface area contributed by atoms with Crippen LogP contribution in [-0.2, 0) is 4.79 Å². The molecule has 3 aromatic rings. The van der Waals surface area contributed by atoms with Gasteiger partial charge in [0.25, 0.3) is 0 Å². The lowest BCUT2D eigenvalue weighted by Crippen LogP contribution is -2.42. The lowest BCUT2D eigenvalue weighted by Gasteiger charge is -2.19. The number of nitrogens with one attached hydrogen (secondary N) is 2. The number of amides is 1. The predicted octanol–water partition coefficient (Wildman–Crippen LogP) is 4.07. The Bertz CT molecular complexity index is 863. The maximum Gasteiger partial charge on any atom is 0.242 e. The summed E-state index contributed by atoms with van der Waals surface area (Å²) in [6, 6.07) is 9.59. The zero-order valence-corrected chi connectivity index (χ0v) is 15.4. The van der Waals surface area contributed by atoms with E-state index in [1.165, 1.54) is 0 Å². The SMILES string of the molecule is CCC(C)NC(=O)C(C)Nc1nc(-c2ccsc2)nc2ccccc12. The minimum Gasteiger partial charge on any atom is -0.358 e. The van der Waals surface area contributed by atoms with Crippen LogP contribution in [0.2, 0.25) is 0 Å². The first-order valence-corrected chi connectivity index (χ1v) is 9.39. The third kappa shape index (κ3) is 3.96. The van der Waals surface area contributed by atoms with E-state index in [4.69, 9.17) is 0 Å². The lowest BCUT2D eigenvalue weighted by molar-refractivity contribution is -0.122. The van der Waals surface area contributed by atoms with Crippen molar-refractivity contribution in [3.8, 4) is 11.4 Å². The molecule has 0 saturated heterocycles. The Balaban J connectivity index is 1.93. The van der Waals surface area contributed by atoms with E-state index in [2.05, 4.69) is 20.6 Å². The molecular formula is C19H22N4OS. The molecule has 3 rings (SSSR count). The molecule has 0 saturated carbocycles. The number of anilines is 1. The first-order valence-electron chi connectivity index (χ1n) is 8.44. The highest BCUT2D eigenvalue weighted by atomic mass is 32.1. The van der Waals surface area contributed by atoms with E-state index in [1.54, 1.807) is 11.3 Å². The Morgan fingerprint density at radius 3 is 2.72 bits per heavy atom. The van der Waals surface area contributed by atoms with E-state index in [-0.39, 0.29) is 18.0 Å². The summed E-state index contributed by atoms with van der Waals surface area (Å²) in [6.45, 7) is 5.90. The van der Waals surface area contributed by atoms with Crippen LogP contribution in [0.1, 0.15) is 27.2 Å². The molecule has 2 atom stereocenters. The largest absolute Gasteiger partial charge is 0.358 e. The van der Waals surface area contributed by atoms with Crippen molar-refractivity contribution in [2.75, 3.05) is 5.32 Å². The van der Waals surface area contributed by atoms with E-state index < -0.39 is 0 Å². The molecule has 0 aliphatic carbocycles. The minimum atomic E-state index is -0.386. The molecule has 0 spiro atoms. The van der Waals surface area contributed by atoms with Gasteiger partial charge in [0.15, 0.2) is 5.82 Å². The number of benzene rings is 1. The molecule has 5 nitrogen and oxygen atoms in total. The first-order chi connectivity index (χ1) is 12.1. The van der Waals surface area contributed by atoms with E-state index in [0.29, 0.717) is 11.6 Å². The number of hydrogen-bond donors (Lipinski definition) is 2. The van der Waals surface area contributed by atoms with E-state index in [1.807, 2.05) is 61.9 Å². The normalized spacial score (nSPS) is 13.4. The third-order valence-corrected chi connectivity index (χ3v) is 4.81. The summed E-state index contributed by atoms with van der Waals surface area (Å²) in [5.41, 5.74) is 1.84. The van der Waals surface area contributed by atoms with Crippen molar-refractivity contribution >= 4 is 34.0 Å². The summed E-state index contributed by atoms with van der Waals surface area (Å²) in [5, 5.41) is 11.2. The van der Waals surface area contributed by atoms with Gasteiger partial charge >= 0.3 is 0 Å². The van der Waals surface area contributed by atoms with Gasteiger partial charge in [-0.2, -0.15) is 11.3 Å². The van der Waals surface area contributed by atoms with Gasteiger partial charge in [-0.1, -0.05) is 19.1 Å². The van der Waals surface area contributed by atoms with Crippen LogP contribution in [0, 0.1) is 0 Å². The molecule has 2 heterocycles. The zero-order valence-electron chi connectivity index (χ0n) is 14.6. The first kappa shape index (κ1) is 17.4. The molecule has 0 aliphatic heterocycles. The number of nitrogens with zero attached hydrogens (tertiary/aromatic N) is 2. The number of thiophene rings is 1. The van der Waals surface area contributed by atoms with Crippen LogP contribution < -0.4 is 10.6 Å². The quantitative estimate of drug-likeness (QED) is 0.700. The van der Waals surface area contributed by atoms with Crippen LogP contribution in [-0.4, -0.2) is 28.0 Å². The molecule has 2 aromatic heterocycles. The molecule has 2 unspecified atom stereocenters. The molecule has 25 heavy (non-hydrogen) atoms. The van der Waals surface area contributed by atoms with Crippen molar-refractivity contribution in [2.24, 2.45) is 0 Å². The zero-order chi connectivity index (χ0) is 17.8. The van der Waals surface area contributed by atoms with Crippen molar-refractivity contribution in [2.45, 2.75) is 39.3 Å². The molecule has 1 aromatic carbocycles. The van der Waals surface area contributed by atoms with Gasteiger partial charge in [-0.05, 0) is 43.8 Å². The second-order valence-corrected chi connectivity index (χ2v) is 6.89. The van der Waals surface area contributed by atoms with E-state index >= 15 is 0 Å². The predicted molar refractivity (Wildman–Crippen MR) is 104 cm³/mol. The molecule has 1 amide bonds. The second-order valence-electron chi connectivity index (χ2n) is 6.11. The Morgan fingerprint density at radius 2 is 2.00 bits per heavy atom. The Kier molecular flexibility index (Phi) is 5.28. The highest BCUT2D eigenvalue weighted by molar-refractivity contribution is 7.08. The van der Waals surface area contributed by atoms with E-state index in [0.717, 1.165) is 22.9 Å². The van der Waals surface area contributed by atoms with Gasteiger partial charge in [-0.3, -0.25) is 4.79 Å². The fourth-order valence-electron chi connectivity index (χ4n) is 2.45. The molecule has 0 aliphatic rings. The average Bonchev–Trinajstić information content (AvgIpc) is 3.16. The number of fused-ring (bicyclic) bond motifs is 1. The summed E-state index contributed by atoms with van der Waals surface area (Å²) >= 11 is 1.61. The number of carbonyl (C=O) groups is 1. The summed E-state index contributed by atoms with van der Waals surface area (Å²) in [4.78, 5) is 21.7. The monoisotopic (exact) mass is 354 g/mol. The fourth-order valence-corrected chi connectivity index (χ4v) is 3.08. The molecule has 0 radical (unpaired) electrons. The number of rotatable bonds is 6. The van der Waals surface area contributed by atoms with Gasteiger partial charge in [0, 0.05) is 22.4 Å². The van der Waals surface area contributed by atoms with Gasteiger partial charge in [-0.15, -0.1) is 0 Å². The lowest BCUT2D eigenvalue weighted by atomic mass is 10.2. The standard InChI is InChI=1S/C19H22N4OS/c1-4-12(2)20-19(24)13(3)21-18-15-7-5-6-8-16(15)22-17(23-18)14-9-10-25-11-14/h5-13H,4H2,1-3H3,(H,20,24)(H,21,22,23). The Hall–Kier alpha value is -2.47. The van der Waals surface area contributed by atoms with Gasteiger partial charge < -0.3 is 10.6 Å². The maximum absolute atomic E-state index is 12.4. The highest BCUT2D eigenvalue weighted by Crippen LogP contribution is 2.26. The van der Waals surface area contributed by atoms with Crippen LogP contribution in [0.4, 0.5) is 5.82 Å². The van der Waals surface area contributed by atoms with Crippen molar-refractivity contribution in [1.82, 2.24) is 15.3 Å². The molecule has 0 fully saturated rings. The maximum atomic E-state index is 12.4. The molecular weight excluding hydrogens is 332 g/mol. The molecule has 0 bridgehead atoms. The summed E-state index contributed by atoms with van der Waals surface area (Å²) in [6.07, 6.45) is 0.900. The summed E-state index contributed by atoms with van der Waals surface area (Å²) in [5.74, 6) is 1.31. The second kappa shape index (κ2) is 7.61. The van der Waals surface area contributed by atoms with Crippen molar-refractivity contribution in [3.05, 3.63) is 41.1 Å². The molecule has 2 N–H and O–H groups in total. The van der Waals surface area contributed by atoms with Gasteiger partial charge in [0.1, 0.15) is 11.9 Å². The molecule has 130 valence electrons. The van der Waals surface area contributed by atoms with Gasteiger partial charge in [0.05, 0.1) is 5.52 Å². The van der Waals surface area contributed by atoms with Crippen molar-refractivity contribution in [1.29, 1.82) is 0 Å². The fraction of sp³-hybridized carbons (Fsp3) is 0.316. The van der Waals surface area contributed by atoms with Gasteiger partial charge in [0.2, 0.25) is 5.91 Å². The Morgan fingerprint density at radius 1 is 1.20 bits per heavy atom. The van der Waals surface area contributed by atoms with Crippen molar-refractivity contribution in [3.63, 3.8) is 0 Å². The number of para-hydroxylation sites is 1. The van der Waals surface area contributed by atoms with E-state index in [9.17, 15) is 4.79 Å². The van der Waals surface area contributed by atoms with Crippen LogP contribution in [0.5, 0.6) is 0 Å². The van der Waals surface area contributed by atoms with Crippen LogP contribution in [0.25, 0.3) is 22.3 Å². The summed E-state index contributed by atoms with van der Waals surface area (Å²) < 4.78 is 0. The average molecular weight is 354 g/mol.